The smallest absolute Gasteiger partial charge is 0.391 e. The van der Waals surface area contributed by atoms with Gasteiger partial charge in [-0.05, 0) is 38.6 Å². The summed E-state index contributed by atoms with van der Waals surface area (Å²) in [5.41, 5.74) is 0.00813. The number of carbonyl (C=O) groups is 1. The molecule has 26 heavy (non-hydrogen) atoms. The number of sulfonamides is 1. The van der Waals surface area contributed by atoms with Gasteiger partial charge in [0.1, 0.15) is 0 Å². The first-order valence-electron chi connectivity index (χ1n) is 7.52. The molecule has 0 saturated carbocycles. The minimum atomic E-state index is -4.17. The van der Waals surface area contributed by atoms with Gasteiger partial charge in [0, 0.05) is 0 Å². The molecule has 130 valence electrons. The van der Waals surface area contributed by atoms with Crippen LogP contribution in [0.25, 0.3) is 4.72 Å². The maximum absolute atomic E-state index is 12.6. The average molecular weight is 396 g/mol. The van der Waals surface area contributed by atoms with Crippen molar-refractivity contribution in [3.8, 4) is 6.07 Å². The summed E-state index contributed by atoms with van der Waals surface area (Å²) in [4.78, 5) is 13.6. The number of rotatable bonds is 4. The van der Waals surface area contributed by atoms with Gasteiger partial charge in [-0.3, -0.25) is 4.79 Å². The van der Waals surface area contributed by atoms with Gasteiger partial charge in [-0.25, -0.2) is 8.42 Å². The number of urea groups is 1. The summed E-state index contributed by atoms with van der Waals surface area (Å²) in [6.07, 6.45) is 0. The van der Waals surface area contributed by atoms with Crippen molar-refractivity contribution in [2.75, 3.05) is 4.90 Å². The summed E-state index contributed by atoms with van der Waals surface area (Å²) >= 11 is 0. The third-order valence-electron chi connectivity index (χ3n) is 3.56. The Balaban J connectivity index is 0.00000338. The minimum Gasteiger partial charge on any atom is -0.391 e. The standard InChI is InChI=1S/C18H19N3O3S.K/c1-14-9-11-16(12-10-14)25(23,24)20-17(22)21(18(2,3)13-19)15-7-5-4-6-8-15;/h4-12H,1-3H3,(H,20,22);/q;+1/p-1. The van der Waals surface area contributed by atoms with Gasteiger partial charge in [0.05, 0.1) is 16.5 Å². The Hall–Kier alpha value is -1.21. The molecule has 2 aromatic carbocycles. The molecule has 0 aliphatic heterocycles. The van der Waals surface area contributed by atoms with Gasteiger partial charge in [0.15, 0.2) is 6.03 Å². The second-order valence-electron chi connectivity index (χ2n) is 6.00. The van der Waals surface area contributed by atoms with E-state index in [0.29, 0.717) is 5.69 Å². The van der Waals surface area contributed by atoms with Gasteiger partial charge < -0.3 is 9.62 Å². The average Bonchev–Trinajstić information content (AvgIpc) is 2.55. The first-order chi connectivity index (χ1) is 11.7. The fourth-order valence-electron chi connectivity index (χ4n) is 2.21. The van der Waals surface area contributed by atoms with Crippen LogP contribution in [-0.2, 0) is 10.0 Å². The molecule has 8 heteroatoms. The van der Waals surface area contributed by atoms with E-state index >= 15 is 0 Å². The van der Waals surface area contributed by atoms with Crippen molar-refractivity contribution >= 4 is 21.7 Å². The van der Waals surface area contributed by atoms with Crippen molar-refractivity contribution < 1.29 is 64.6 Å². The fraction of sp³-hybridized carbons (Fsp3) is 0.222. The first kappa shape index (κ1) is 22.8. The monoisotopic (exact) mass is 395 g/mol. The normalized spacial score (nSPS) is 11.0. The van der Waals surface area contributed by atoms with Gasteiger partial charge in [0.25, 0.3) is 0 Å². The minimum absolute atomic E-state index is 0. The molecule has 0 spiro atoms. The van der Waals surface area contributed by atoms with Crippen LogP contribution in [0.3, 0.4) is 0 Å². The van der Waals surface area contributed by atoms with Crippen LogP contribution in [0.4, 0.5) is 10.5 Å². The molecular weight excluding hydrogens is 377 g/mol. The number of nitriles is 1. The number of anilines is 1. The Bertz CT molecular complexity index is 905. The molecule has 0 N–H and O–H groups in total. The quantitative estimate of drug-likeness (QED) is 0.722. The zero-order valence-electron chi connectivity index (χ0n) is 15.2. The van der Waals surface area contributed by atoms with Crippen molar-refractivity contribution in [1.29, 1.82) is 5.26 Å². The number of amides is 2. The zero-order chi connectivity index (χ0) is 18.7. The molecule has 2 rings (SSSR count). The Morgan fingerprint density at radius 1 is 1.08 bits per heavy atom. The van der Waals surface area contributed by atoms with Crippen molar-refractivity contribution in [3.63, 3.8) is 0 Å². The third-order valence-corrected chi connectivity index (χ3v) is 4.82. The van der Waals surface area contributed by atoms with Crippen LogP contribution in [-0.4, -0.2) is 20.0 Å². The van der Waals surface area contributed by atoms with Crippen LogP contribution in [0.5, 0.6) is 0 Å². The van der Waals surface area contributed by atoms with Gasteiger partial charge in [0.2, 0.25) is 10.0 Å². The topological polar surface area (TPSA) is 92.3 Å². The van der Waals surface area contributed by atoms with Crippen LogP contribution in [0.15, 0.2) is 59.5 Å². The number of para-hydroxylation sites is 1. The van der Waals surface area contributed by atoms with Gasteiger partial charge in [-0.2, -0.15) is 5.26 Å². The van der Waals surface area contributed by atoms with Gasteiger partial charge in [-0.15, -0.1) is 0 Å². The van der Waals surface area contributed by atoms with E-state index in [0.717, 1.165) is 10.5 Å². The number of hydrogen-bond donors (Lipinski definition) is 0. The molecule has 2 aromatic rings. The second kappa shape index (κ2) is 9.13. The van der Waals surface area contributed by atoms with E-state index in [1.54, 1.807) is 42.5 Å². The molecule has 0 radical (unpaired) electrons. The molecule has 0 aliphatic carbocycles. The molecule has 0 heterocycles. The predicted octanol–water partition coefficient (Wildman–Crippen LogP) is 0.990. The molecule has 2 amide bonds. The van der Waals surface area contributed by atoms with Crippen LogP contribution < -0.4 is 56.3 Å². The summed E-state index contributed by atoms with van der Waals surface area (Å²) in [5, 5.41) is 9.39. The van der Waals surface area contributed by atoms with Crippen molar-refractivity contribution in [3.05, 3.63) is 64.9 Å². The molecule has 0 saturated heterocycles. The zero-order valence-corrected chi connectivity index (χ0v) is 19.1. The van der Waals surface area contributed by atoms with E-state index in [4.69, 9.17) is 0 Å². The van der Waals surface area contributed by atoms with E-state index in [9.17, 15) is 18.5 Å². The van der Waals surface area contributed by atoms with Crippen LogP contribution in [0.2, 0.25) is 0 Å². The molecule has 6 nitrogen and oxygen atoms in total. The molecular formula is C18H18KN3O3S. The van der Waals surface area contributed by atoms with Crippen LogP contribution in [0.1, 0.15) is 19.4 Å². The van der Waals surface area contributed by atoms with Gasteiger partial charge >= 0.3 is 51.4 Å². The Labute approximate surface area is 196 Å². The SMILES string of the molecule is Cc1ccc(S(=O)(=O)[N-]C(=O)N(c2ccccc2)C(C)(C)C#N)cc1.[K+]. The molecule has 0 aromatic heterocycles. The number of carbonyl (C=O) groups excluding carboxylic acids is 1. The van der Waals surface area contributed by atoms with E-state index < -0.39 is 21.6 Å². The number of nitrogens with zero attached hydrogens (tertiary/aromatic N) is 3. The van der Waals surface area contributed by atoms with E-state index in [2.05, 4.69) is 4.72 Å². The summed E-state index contributed by atoms with van der Waals surface area (Å²) in [6.45, 7) is 4.86. The fourth-order valence-corrected chi connectivity index (χ4v) is 3.08. The maximum atomic E-state index is 12.6. The molecule has 0 fully saturated rings. The second-order valence-corrected chi connectivity index (χ2v) is 7.61. The molecule has 0 unspecified atom stereocenters. The largest absolute Gasteiger partial charge is 1.00 e. The van der Waals surface area contributed by atoms with Gasteiger partial charge in [-0.1, -0.05) is 48.0 Å². The summed E-state index contributed by atoms with van der Waals surface area (Å²) in [6, 6.07) is 15.4. The number of hydrogen-bond acceptors (Lipinski definition) is 4. The van der Waals surface area contributed by atoms with Crippen molar-refractivity contribution in [2.24, 2.45) is 0 Å². The van der Waals surface area contributed by atoms with E-state index in [1.807, 2.05) is 13.0 Å². The predicted molar refractivity (Wildman–Crippen MR) is 95.7 cm³/mol. The summed E-state index contributed by atoms with van der Waals surface area (Å²) < 4.78 is 28.2. The van der Waals surface area contributed by atoms with Crippen LogP contribution >= 0.6 is 0 Å². The van der Waals surface area contributed by atoms with E-state index in [-0.39, 0.29) is 56.3 Å². The number of benzene rings is 2. The Morgan fingerprint density at radius 3 is 2.12 bits per heavy atom. The third kappa shape index (κ3) is 5.39. The molecule has 0 aliphatic rings. The Kier molecular flexibility index (Phi) is 8.01. The first-order valence-corrected chi connectivity index (χ1v) is 8.96. The van der Waals surface area contributed by atoms with Crippen molar-refractivity contribution in [1.82, 2.24) is 0 Å². The molecule has 0 atom stereocenters. The number of aryl methyl sites for hydroxylation is 1. The van der Waals surface area contributed by atoms with Crippen molar-refractivity contribution in [2.45, 2.75) is 31.2 Å². The van der Waals surface area contributed by atoms with Crippen LogP contribution in [0, 0.1) is 18.3 Å². The molecule has 0 bridgehead atoms. The Morgan fingerprint density at radius 2 is 1.62 bits per heavy atom. The summed E-state index contributed by atoms with van der Waals surface area (Å²) in [5.74, 6) is 0. The van der Waals surface area contributed by atoms with E-state index in [1.165, 1.54) is 26.0 Å². The maximum Gasteiger partial charge on any atom is 1.00 e. The summed E-state index contributed by atoms with van der Waals surface area (Å²) in [7, 11) is -4.17.